The predicted molar refractivity (Wildman–Crippen MR) is 104 cm³/mol. The van der Waals surface area contributed by atoms with E-state index in [0.717, 1.165) is 0 Å². The zero-order valence-corrected chi connectivity index (χ0v) is 17.5. The quantitative estimate of drug-likeness (QED) is 0.329. The maximum absolute atomic E-state index is 12.6. The number of hydrogen-bond acceptors (Lipinski definition) is 6. The minimum Gasteiger partial charge on any atom is -0.480 e. The van der Waals surface area contributed by atoms with Gasteiger partial charge in [0.1, 0.15) is 29.7 Å². The van der Waals surface area contributed by atoms with Crippen LogP contribution in [0.4, 0.5) is 0 Å². The summed E-state index contributed by atoms with van der Waals surface area (Å²) in [4.78, 5) is 70.4. The molecule has 0 aromatic heterocycles. The lowest BCUT2D eigenvalue weighted by molar-refractivity contribution is -0.143. The van der Waals surface area contributed by atoms with Crippen molar-refractivity contribution in [1.82, 2.24) is 16.0 Å². The van der Waals surface area contributed by atoms with Gasteiger partial charge in [0, 0.05) is 19.8 Å². The molecule has 10 nitrogen and oxygen atoms in total. The molecule has 3 unspecified atom stereocenters. The highest BCUT2D eigenvalue weighted by Crippen LogP contribution is 2.07. The van der Waals surface area contributed by atoms with Crippen LogP contribution >= 0.6 is 0 Å². The van der Waals surface area contributed by atoms with E-state index in [9.17, 15) is 33.9 Å². The predicted octanol–water partition coefficient (Wildman–Crippen LogP) is -0.0603. The van der Waals surface area contributed by atoms with E-state index < -0.39 is 47.7 Å². The van der Waals surface area contributed by atoms with E-state index in [4.69, 9.17) is 0 Å². The van der Waals surface area contributed by atoms with Crippen molar-refractivity contribution in [1.29, 1.82) is 0 Å². The molecule has 0 aliphatic rings. The number of ketones is 2. The van der Waals surface area contributed by atoms with Gasteiger partial charge >= 0.3 is 5.97 Å². The average molecular weight is 413 g/mol. The number of rotatable bonds is 13. The van der Waals surface area contributed by atoms with Gasteiger partial charge in [0.25, 0.3) is 0 Å². The van der Waals surface area contributed by atoms with Gasteiger partial charge in [-0.25, -0.2) is 4.79 Å². The molecule has 29 heavy (non-hydrogen) atoms. The molecule has 3 atom stereocenters. The molecule has 0 rings (SSSR count). The maximum atomic E-state index is 12.6. The van der Waals surface area contributed by atoms with Crippen molar-refractivity contribution in [3.8, 4) is 0 Å². The zero-order valence-electron chi connectivity index (χ0n) is 17.5. The first-order valence-corrected chi connectivity index (χ1v) is 9.44. The van der Waals surface area contributed by atoms with Crippen LogP contribution in [0.3, 0.4) is 0 Å². The van der Waals surface area contributed by atoms with Gasteiger partial charge in [0.05, 0.1) is 0 Å². The van der Waals surface area contributed by atoms with E-state index in [1.54, 1.807) is 13.8 Å². The number of aliphatic carboxylic acids is 1. The first kappa shape index (κ1) is 26.2. The Kier molecular flexibility index (Phi) is 11.4. The second-order valence-electron chi connectivity index (χ2n) is 7.36. The van der Waals surface area contributed by atoms with Gasteiger partial charge < -0.3 is 30.6 Å². The lowest BCUT2D eigenvalue weighted by Gasteiger charge is -2.25. The Balaban J connectivity index is 5.39. The van der Waals surface area contributed by atoms with Gasteiger partial charge in [0.15, 0.2) is 0 Å². The summed E-state index contributed by atoms with van der Waals surface area (Å²) in [5.74, 6) is -3.91. The Hall–Kier alpha value is -2.78. The first-order valence-electron chi connectivity index (χ1n) is 9.44. The fourth-order valence-corrected chi connectivity index (χ4v) is 2.52. The third kappa shape index (κ3) is 11.0. The summed E-state index contributed by atoms with van der Waals surface area (Å²) in [5.41, 5.74) is 0. The summed E-state index contributed by atoms with van der Waals surface area (Å²) >= 11 is 0. The highest BCUT2D eigenvalue weighted by molar-refractivity contribution is 5.93. The fraction of sp³-hybridized carbons (Fsp3) is 0.684. The number of carbonyl (C=O) groups excluding carboxylic acids is 5. The van der Waals surface area contributed by atoms with Crippen molar-refractivity contribution in [2.75, 3.05) is 0 Å². The lowest BCUT2D eigenvalue weighted by Crippen LogP contribution is -2.56. The second kappa shape index (κ2) is 12.6. The van der Waals surface area contributed by atoms with E-state index in [0.29, 0.717) is 0 Å². The van der Waals surface area contributed by atoms with Crippen molar-refractivity contribution in [2.24, 2.45) is 5.92 Å². The van der Waals surface area contributed by atoms with Gasteiger partial charge in [-0.3, -0.25) is 14.4 Å². The third-order valence-electron chi connectivity index (χ3n) is 4.13. The van der Waals surface area contributed by atoms with Crippen LogP contribution in [0.15, 0.2) is 0 Å². The Bertz CT molecular complexity index is 646. The monoisotopic (exact) mass is 413 g/mol. The van der Waals surface area contributed by atoms with Crippen LogP contribution in [0.1, 0.15) is 60.3 Å². The topological polar surface area (TPSA) is 159 Å². The molecule has 0 spiro atoms. The summed E-state index contributed by atoms with van der Waals surface area (Å²) in [7, 11) is 0. The van der Waals surface area contributed by atoms with Crippen molar-refractivity contribution in [3.05, 3.63) is 0 Å². The van der Waals surface area contributed by atoms with Crippen LogP contribution in [0.25, 0.3) is 0 Å². The van der Waals surface area contributed by atoms with Crippen LogP contribution in [-0.4, -0.2) is 58.5 Å². The molecule has 164 valence electrons. The minimum absolute atomic E-state index is 0.00394. The second-order valence-corrected chi connectivity index (χ2v) is 7.36. The molecule has 0 aliphatic carbocycles. The SMILES string of the molecule is CC(=O)CCC(NC(C)=O)C(=O)NC(CCC(C)=O)C(=O)NC(C(=O)O)C(C)C. The van der Waals surface area contributed by atoms with E-state index in [-0.39, 0.29) is 37.2 Å². The molecule has 10 heteroatoms. The smallest absolute Gasteiger partial charge is 0.326 e. The van der Waals surface area contributed by atoms with Gasteiger partial charge in [0.2, 0.25) is 17.7 Å². The van der Waals surface area contributed by atoms with E-state index in [2.05, 4.69) is 16.0 Å². The minimum atomic E-state index is -1.22. The van der Waals surface area contributed by atoms with Crippen LogP contribution in [-0.2, 0) is 28.8 Å². The Labute approximate surface area is 170 Å². The lowest BCUT2D eigenvalue weighted by atomic mass is 10.0. The number of hydrogen-bond donors (Lipinski definition) is 4. The number of carbonyl (C=O) groups is 6. The van der Waals surface area contributed by atoms with Crippen LogP contribution < -0.4 is 16.0 Å². The Morgan fingerprint density at radius 2 is 1.14 bits per heavy atom. The Morgan fingerprint density at radius 1 is 0.724 bits per heavy atom. The molecule has 0 fully saturated rings. The van der Waals surface area contributed by atoms with E-state index in [1.165, 1.54) is 20.8 Å². The van der Waals surface area contributed by atoms with Crippen LogP contribution in [0, 0.1) is 5.92 Å². The standard InChI is InChI=1S/C19H31N3O7/c1-10(2)16(19(28)29)22-18(27)15(9-7-12(4)24)21-17(26)14(20-13(5)25)8-6-11(3)23/h10,14-16H,6-9H2,1-5H3,(H,20,25)(H,21,26)(H,22,27)(H,28,29). The molecule has 0 bridgehead atoms. The molecular weight excluding hydrogens is 382 g/mol. The molecule has 4 N–H and O–H groups in total. The van der Waals surface area contributed by atoms with E-state index in [1.807, 2.05) is 0 Å². The molecular formula is C19H31N3O7. The summed E-state index contributed by atoms with van der Waals surface area (Å²) < 4.78 is 0. The van der Waals surface area contributed by atoms with Crippen LogP contribution in [0.5, 0.6) is 0 Å². The number of nitrogens with one attached hydrogen (secondary N) is 3. The molecule has 0 radical (unpaired) electrons. The van der Waals surface area contributed by atoms with Gasteiger partial charge in [-0.1, -0.05) is 13.8 Å². The highest BCUT2D eigenvalue weighted by Gasteiger charge is 2.30. The molecule has 0 aromatic rings. The van der Waals surface area contributed by atoms with Gasteiger partial charge in [-0.2, -0.15) is 0 Å². The largest absolute Gasteiger partial charge is 0.480 e. The molecule has 0 aliphatic heterocycles. The molecule has 0 saturated heterocycles. The summed E-state index contributed by atoms with van der Waals surface area (Å²) in [6.07, 6.45) is 0.0650. The van der Waals surface area contributed by atoms with Crippen molar-refractivity contribution < 1.29 is 33.9 Å². The zero-order chi connectivity index (χ0) is 22.7. The van der Waals surface area contributed by atoms with Crippen LogP contribution in [0.2, 0.25) is 0 Å². The Morgan fingerprint density at radius 3 is 1.48 bits per heavy atom. The van der Waals surface area contributed by atoms with Crippen molar-refractivity contribution in [2.45, 2.75) is 78.4 Å². The van der Waals surface area contributed by atoms with Gasteiger partial charge in [-0.05, 0) is 32.6 Å². The maximum Gasteiger partial charge on any atom is 0.326 e. The summed E-state index contributed by atoms with van der Waals surface area (Å²) in [6, 6.07) is -3.37. The first-order chi connectivity index (χ1) is 13.3. The highest BCUT2D eigenvalue weighted by atomic mass is 16.4. The summed E-state index contributed by atoms with van der Waals surface area (Å²) in [5, 5.41) is 16.5. The van der Waals surface area contributed by atoms with Crippen molar-refractivity contribution >= 4 is 35.3 Å². The molecule has 0 heterocycles. The van der Waals surface area contributed by atoms with Crippen molar-refractivity contribution in [3.63, 3.8) is 0 Å². The molecule has 0 saturated carbocycles. The summed E-state index contributed by atoms with van der Waals surface area (Å²) in [6.45, 7) is 7.14. The number of carboxylic acids is 1. The number of Topliss-reactive ketones (excluding diaryl/α,β-unsaturated/α-hetero) is 2. The normalized spacial score (nSPS) is 13.7. The average Bonchev–Trinajstić information content (AvgIpc) is 2.58. The fourth-order valence-electron chi connectivity index (χ4n) is 2.52. The van der Waals surface area contributed by atoms with Gasteiger partial charge in [-0.15, -0.1) is 0 Å². The molecule has 0 aromatic carbocycles. The third-order valence-corrected chi connectivity index (χ3v) is 4.13. The number of amides is 3. The molecule has 3 amide bonds. The number of carboxylic acid groups (broad SMARTS) is 1. The van der Waals surface area contributed by atoms with E-state index >= 15 is 0 Å².